The number of nitrogens with one attached hydrogen (secondary N) is 1. The fourth-order valence-electron chi connectivity index (χ4n) is 3.62. The molecular weight excluding hydrogens is 300 g/mol. The zero-order chi connectivity index (χ0) is 16.9. The first-order valence-corrected chi connectivity index (χ1v) is 8.89. The van der Waals surface area contributed by atoms with Crippen molar-refractivity contribution >= 4 is 16.8 Å². The largest absolute Gasteiger partial charge is 0.349 e. The molecule has 2 aliphatic rings. The summed E-state index contributed by atoms with van der Waals surface area (Å²) in [5.41, 5.74) is 1.28. The maximum Gasteiger partial charge on any atom is 0.232 e. The first-order chi connectivity index (χ1) is 11.4. The molecule has 1 saturated heterocycles. The maximum atomic E-state index is 13.1. The number of para-hydroxylation sites is 1. The lowest BCUT2D eigenvalue weighted by Crippen LogP contribution is -2.53. The second-order valence-electron chi connectivity index (χ2n) is 7.98. The topological polar surface area (TPSA) is 50.2 Å². The Kier molecular flexibility index (Phi) is 3.46. The van der Waals surface area contributed by atoms with Crippen molar-refractivity contribution in [2.75, 3.05) is 19.6 Å². The zero-order valence-electron chi connectivity index (χ0n) is 14.8. The molecule has 24 heavy (non-hydrogen) atoms. The van der Waals surface area contributed by atoms with Gasteiger partial charge in [0, 0.05) is 19.0 Å². The number of amides is 1. The van der Waals surface area contributed by atoms with Crippen molar-refractivity contribution in [1.29, 1.82) is 0 Å². The van der Waals surface area contributed by atoms with Gasteiger partial charge in [0.25, 0.3) is 0 Å². The monoisotopic (exact) mass is 326 g/mol. The van der Waals surface area contributed by atoms with Crippen LogP contribution >= 0.6 is 0 Å². The van der Waals surface area contributed by atoms with E-state index in [1.165, 1.54) is 19.5 Å². The summed E-state index contributed by atoms with van der Waals surface area (Å²) in [4.78, 5) is 15.5. The molecule has 1 amide bonds. The number of benzene rings is 1. The van der Waals surface area contributed by atoms with Gasteiger partial charge in [-0.1, -0.05) is 18.2 Å². The van der Waals surface area contributed by atoms with Crippen LogP contribution in [0.25, 0.3) is 10.9 Å². The second kappa shape index (κ2) is 5.31. The average Bonchev–Trinajstić information content (AvgIpc) is 3.19. The molecule has 4 rings (SSSR count). The van der Waals surface area contributed by atoms with Gasteiger partial charge in [0.2, 0.25) is 5.91 Å². The van der Waals surface area contributed by atoms with Gasteiger partial charge >= 0.3 is 0 Å². The van der Waals surface area contributed by atoms with Crippen molar-refractivity contribution < 1.29 is 4.79 Å². The van der Waals surface area contributed by atoms with Crippen molar-refractivity contribution in [3.63, 3.8) is 0 Å². The molecule has 1 aromatic carbocycles. The minimum Gasteiger partial charge on any atom is -0.349 e. The molecular formula is C19H26N4O. The Morgan fingerprint density at radius 2 is 2.00 bits per heavy atom. The standard InChI is InChI=1S/C19H26N4O/c1-18(2,16-14-7-4-5-8-15(14)22(3)21-16)17(24)20-19(9-10-19)13-23-11-6-12-23/h4-5,7-8H,6,9-13H2,1-3H3,(H,20,24). The lowest BCUT2D eigenvalue weighted by Gasteiger charge is -2.35. The highest BCUT2D eigenvalue weighted by Crippen LogP contribution is 2.39. The fraction of sp³-hybridized carbons (Fsp3) is 0.579. The highest BCUT2D eigenvalue weighted by Gasteiger charge is 2.48. The highest BCUT2D eigenvalue weighted by atomic mass is 16.2. The predicted octanol–water partition coefficient (Wildman–Crippen LogP) is 2.21. The SMILES string of the molecule is Cn1nc(C(C)(C)C(=O)NC2(CN3CCC3)CC2)c2ccccc21. The maximum absolute atomic E-state index is 13.1. The van der Waals surface area contributed by atoms with Crippen LogP contribution in [-0.2, 0) is 17.3 Å². The molecule has 128 valence electrons. The summed E-state index contributed by atoms with van der Waals surface area (Å²) in [5, 5.41) is 9.08. The minimum atomic E-state index is -0.647. The summed E-state index contributed by atoms with van der Waals surface area (Å²) in [6.07, 6.45) is 3.47. The summed E-state index contributed by atoms with van der Waals surface area (Å²) >= 11 is 0. The Labute approximate surface area is 143 Å². The van der Waals surface area contributed by atoms with Crippen LogP contribution in [0.3, 0.4) is 0 Å². The molecule has 2 heterocycles. The molecule has 0 atom stereocenters. The van der Waals surface area contributed by atoms with Gasteiger partial charge in [0.15, 0.2) is 0 Å². The smallest absolute Gasteiger partial charge is 0.232 e. The fourth-order valence-corrected chi connectivity index (χ4v) is 3.62. The number of rotatable bonds is 5. The summed E-state index contributed by atoms with van der Waals surface area (Å²) in [7, 11) is 1.94. The molecule has 0 bridgehead atoms. The van der Waals surface area contributed by atoms with Gasteiger partial charge in [-0.15, -0.1) is 0 Å². The number of fused-ring (bicyclic) bond motifs is 1. The zero-order valence-corrected chi connectivity index (χ0v) is 14.8. The van der Waals surface area contributed by atoms with E-state index in [0.29, 0.717) is 0 Å². The Bertz CT molecular complexity index is 784. The number of aromatic nitrogens is 2. The normalized spacial score (nSPS) is 20.0. The van der Waals surface area contributed by atoms with Crippen molar-refractivity contribution in [1.82, 2.24) is 20.0 Å². The van der Waals surface area contributed by atoms with E-state index >= 15 is 0 Å². The quantitative estimate of drug-likeness (QED) is 0.916. The highest BCUT2D eigenvalue weighted by molar-refractivity contribution is 5.94. The van der Waals surface area contributed by atoms with E-state index in [9.17, 15) is 4.79 Å². The Hall–Kier alpha value is -1.88. The lowest BCUT2D eigenvalue weighted by molar-refractivity contribution is -0.127. The van der Waals surface area contributed by atoms with Gasteiger partial charge < -0.3 is 10.2 Å². The van der Waals surface area contributed by atoms with Gasteiger partial charge in [-0.2, -0.15) is 5.10 Å². The molecule has 1 aliphatic heterocycles. The molecule has 2 fully saturated rings. The molecule has 2 aromatic rings. The Morgan fingerprint density at radius 3 is 2.62 bits per heavy atom. The van der Waals surface area contributed by atoms with Crippen molar-refractivity contribution in [3.05, 3.63) is 30.0 Å². The van der Waals surface area contributed by atoms with Crippen molar-refractivity contribution in [3.8, 4) is 0 Å². The Morgan fingerprint density at radius 1 is 1.29 bits per heavy atom. The van der Waals surface area contributed by atoms with E-state index in [2.05, 4.69) is 21.4 Å². The number of hydrogen-bond acceptors (Lipinski definition) is 3. The van der Waals surface area contributed by atoms with Crippen LogP contribution in [0.4, 0.5) is 0 Å². The molecule has 1 aromatic heterocycles. The number of aryl methyl sites for hydroxylation is 1. The van der Waals surface area contributed by atoms with Crippen LogP contribution in [0.5, 0.6) is 0 Å². The van der Waals surface area contributed by atoms with Gasteiger partial charge in [-0.3, -0.25) is 9.48 Å². The summed E-state index contributed by atoms with van der Waals surface area (Å²) in [6, 6.07) is 8.12. The third kappa shape index (κ3) is 2.51. The van der Waals surface area contributed by atoms with Crippen molar-refractivity contribution in [2.24, 2.45) is 7.05 Å². The average molecular weight is 326 g/mol. The summed E-state index contributed by atoms with van der Waals surface area (Å²) in [5.74, 6) is 0.0874. The van der Waals surface area contributed by atoms with Crippen LogP contribution < -0.4 is 5.32 Å². The van der Waals surface area contributed by atoms with E-state index in [4.69, 9.17) is 0 Å². The molecule has 0 unspecified atom stereocenters. The van der Waals surface area contributed by atoms with E-state index in [1.54, 1.807) is 0 Å². The molecule has 5 nitrogen and oxygen atoms in total. The van der Waals surface area contributed by atoms with E-state index in [0.717, 1.165) is 36.0 Å². The summed E-state index contributed by atoms with van der Waals surface area (Å²) in [6.45, 7) is 7.31. The van der Waals surface area contributed by atoms with Crippen LogP contribution in [-0.4, -0.2) is 45.8 Å². The van der Waals surface area contributed by atoms with Gasteiger partial charge in [0.1, 0.15) is 0 Å². The van der Waals surface area contributed by atoms with Crippen LogP contribution in [0, 0.1) is 0 Å². The van der Waals surface area contributed by atoms with Crippen LogP contribution in [0.1, 0.15) is 38.8 Å². The number of carbonyl (C=O) groups excluding carboxylic acids is 1. The van der Waals surface area contributed by atoms with Crippen LogP contribution in [0.2, 0.25) is 0 Å². The number of nitrogens with zero attached hydrogens (tertiary/aromatic N) is 3. The minimum absolute atomic E-state index is 0.000638. The first-order valence-electron chi connectivity index (χ1n) is 8.89. The predicted molar refractivity (Wildman–Crippen MR) is 94.9 cm³/mol. The molecule has 0 spiro atoms. The summed E-state index contributed by atoms with van der Waals surface area (Å²) < 4.78 is 1.87. The van der Waals surface area contributed by atoms with E-state index < -0.39 is 5.41 Å². The lowest BCUT2D eigenvalue weighted by atomic mass is 9.85. The van der Waals surface area contributed by atoms with Gasteiger partial charge in [-0.05, 0) is 52.3 Å². The van der Waals surface area contributed by atoms with Crippen molar-refractivity contribution in [2.45, 2.75) is 44.1 Å². The number of likely N-dealkylation sites (tertiary alicyclic amines) is 1. The van der Waals surface area contributed by atoms with Crippen LogP contribution in [0.15, 0.2) is 24.3 Å². The second-order valence-corrected chi connectivity index (χ2v) is 7.98. The molecule has 0 radical (unpaired) electrons. The third-order valence-corrected chi connectivity index (χ3v) is 5.62. The van der Waals surface area contributed by atoms with E-state index in [1.807, 2.05) is 43.8 Å². The molecule has 5 heteroatoms. The molecule has 1 aliphatic carbocycles. The molecule has 1 N–H and O–H groups in total. The van der Waals surface area contributed by atoms with Gasteiger partial charge in [-0.25, -0.2) is 0 Å². The van der Waals surface area contributed by atoms with E-state index in [-0.39, 0.29) is 11.4 Å². The number of carbonyl (C=O) groups is 1. The Balaban J connectivity index is 1.58. The first kappa shape index (κ1) is 15.6. The third-order valence-electron chi connectivity index (χ3n) is 5.62. The van der Waals surface area contributed by atoms with Gasteiger partial charge in [0.05, 0.1) is 22.2 Å². The number of hydrogen-bond donors (Lipinski definition) is 1. The molecule has 1 saturated carbocycles.